The van der Waals surface area contributed by atoms with Crippen LogP contribution in [-0.4, -0.2) is 17.0 Å². The molecule has 1 saturated carbocycles. The number of para-hydroxylation sites is 1. The predicted octanol–water partition coefficient (Wildman–Crippen LogP) is 4.70. The van der Waals surface area contributed by atoms with Crippen LogP contribution in [0.3, 0.4) is 0 Å². The van der Waals surface area contributed by atoms with Gasteiger partial charge in [-0.2, -0.15) is 0 Å². The summed E-state index contributed by atoms with van der Waals surface area (Å²) in [6.45, 7) is 10.4. The number of carboxylic acid groups (broad SMARTS) is 1. The first-order chi connectivity index (χ1) is 10.7. The number of ether oxygens (including phenoxy) is 1. The topological polar surface area (TPSA) is 63.6 Å². The Kier molecular flexibility index (Phi) is 7.01. The van der Waals surface area contributed by atoms with Gasteiger partial charge in [0.15, 0.2) is 0 Å². The molecular formula is C19H26O4. The largest absolute Gasteiger partial charge is 0.478 e. The predicted molar refractivity (Wildman–Crippen MR) is 90.6 cm³/mol. The summed E-state index contributed by atoms with van der Waals surface area (Å²) >= 11 is 0. The van der Waals surface area contributed by atoms with Crippen molar-refractivity contribution >= 4 is 11.9 Å². The van der Waals surface area contributed by atoms with Crippen LogP contribution < -0.4 is 4.74 Å². The van der Waals surface area contributed by atoms with Gasteiger partial charge in [0, 0.05) is 6.08 Å². The van der Waals surface area contributed by atoms with Crippen LogP contribution in [0.5, 0.6) is 5.75 Å². The van der Waals surface area contributed by atoms with E-state index in [1.165, 1.54) is 37.8 Å². The van der Waals surface area contributed by atoms with E-state index in [2.05, 4.69) is 27.4 Å². The smallest absolute Gasteiger partial charge is 0.339 e. The van der Waals surface area contributed by atoms with Gasteiger partial charge in [-0.3, -0.25) is 0 Å². The molecule has 1 N–H and O–H groups in total. The lowest BCUT2D eigenvalue weighted by Crippen LogP contribution is -2.20. The summed E-state index contributed by atoms with van der Waals surface area (Å²) in [5.74, 6) is -0.824. The Morgan fingerprint density at radius 2 is 2.00 bits per heavy atom. The van der Waals surface area contributed by atoms with E-state index in [-0.39, 0.29) is 11.3 Å². The van der Waals surface area contributed by atoms with Crippen molar-refractivity contribution in [2.45, 2.75) is 46.5 Å². The molecule has 1 unspecified atom stereocenters. The number of rotatable bonds is 3. The highest BCUT2D eigenvalue weighted by Crippen LogP contribution is 2.37. The summed E-state index contributed by atoms with van der Waals surface area (Å²) in [5, 5.41) is 8.73. The van der Waals surface area contributed by atoms with E-state index in [9.17, 15) is 9.59 Å². The lowest BCUT2D eigenvalue weighted by atomic mass is 9.73. The van der Waals surface area contributed by atoms with Crippen molar-refractivity contribution in [1.82, 2.24) is 0 Å². The van der Waals surface area contributed by atoms with E-state index >= 15 is 0 Å². The summed E-state index contributed by atoms with van der Waals surface area (Å²) in [6, 6.07) is 5.89. The third-order valence-electron chi connectivity index (χ3n) is 3.95. The van der Waals surface area contributed by atoms with Crippen molar-refractivity contribution in [3.05, 3.63) is 42.5 Å². The molecule has 1 aromatic carbocycles. The average molecular weight is 318 g/mol. The number of carboxylic acids is 1. The number of aromatic carboxylic acids is 1. The van der Waals surface area contributed by atoms with Gasteiger partial charge in [-0.25, -0.2) is 9.59 Å². The van der Waals surface area contributed by atoms with Gasteiger partial charge < -0.3 is 9.84 Å². The van der Waals surface area contributed by atoms with Crippen molar-refractivity contribution in [2.75, 3.05) is 0 Å². The van der Waals surface area contributed by atoms with Gasteiger partial charge in [0.1, 0.15) is 11.3 Å². The fourth-order valence-corrected chi connectivity index (χ4v) is 2.96. The van der Waals surface area contributed by atoms with Gasteiger partial charge in [0.05, 0.1) is 0 Å². The Labute approximate surface area is 138 Å². The Morgan fingerprint density at radius 1 is 1.35 bits per heavy atom. The number of esters is 1. The second-order valence-electron chi connectivity index (χ2n) is 6.79. The summed E-state index contributed by atoms with van der Waals surface area (Å²) in [5.41, 5.74) is 0.597. The van der Waals surface area contributed by atoms with Crippen LogP contribution in [-0.2, 0) is 4.79 Å². The third-order valence-corrected chi connectivity index (χ3v) is 3.95. The summed E-state index contributed by atoms with van der Waals surface area (Å²) < 4.78 is 4.72. The first-order valence-electron chi connectivity index (χ1n) is 7.92. The molecule has 4 nitrogen and oxygen atoms in total. The number of carbonyl (C=O) groups excluding carboxylic acids is 1. The second-order valence-corrected chi connectivity index (χ2v) is 6.79. The average Bonchev–Trinajstić information content (AvgIpc) is 2.46. The molecule has 1 aliphatic carbocycles. The highest BCUT2D eigenvalue weighted by Gasteiger charge is 2.24. The first kappa shape index (κ1) is 18.9. The number of benzene rings is 1. The fraction of sp³-hybridized carbons (Fsp3) is 0.474. The van der Waals surface area contributed by atoms with Crippen LogP contribution in [0.2, 0.25) is 0 Å². The minimum absolute atomic E-state index is 0.0184. The molecule has 0 bridgehead atoms. The normalized spacial score (nSPS) is 19.0. The fourth-order valence-electron chi connectivity index (χ4n) is 2.96. The number of hydrogen-bond donors (Lipinski definition) is 1. The Hall–Kier alpha value is -2.10. The lowest BCUT2D eigenvalue weighted by molar-refractivity contribution is -0.128. The van der Waals surface area contributed by atoms with E-state index < -0.39 is 11.9 Å². The van der Waals surface area contributed by atoms with Crippen molar-refractivity contribution in [3.63, 3.8) is 0 Å². The summed E-state index contributed by atoms with van der Waals surface area (Å²) in [7, 11) is 0. The molecule has 0 amide bonds. The van der Waals surface area contributed by atoms with Gasteiger partial charge in [-0.15, -0.1) is 0 Å². The quantitative estimate of drug-likeness (QED) is 0.498. The first-order valence-corrected chi connectivity index (χ1v) is 7.92. The van der Waals surface area contributed by atoms with Crippen molar-refractivity contribution in [2.24, 2.45) is 11.3 Å². The third kappa shape index (κ3) is 6.68. The van der Waals surface area contributed by atoms with Gasteiger partial charge in [0.2, 0.25) is 0 Å². The maximum atomic E-state index is 10.8. The number of carbonyl (C=O) groups is 2. The van der Waals surface area contributed by atoms with Crippen LogP contribution >= 0.6 is 0 Å². The molecule has 0 radical (unpaired) electrons. The maximum absolute atomic E-state index is 10.8. The minimum atomic E-state index is -1.14. The van der Waals surface area contributed by atoms with E-state index in [1.807, 2.05) is 0 Å². The summed E-state index contributed by atoms with van der Waals surface area (Å²) in [4.78, 5) is 21.5. The number of hydrogen-bond acceptors (Lipinski definition) is 3. The van der Waals surface area contributed by atoms with Crippen LogP contribution in [0.15, 0.2) is 36.9 Å². The molecule has 0 aliphatic heterocycles. The minimum Gasteiger partial charge on any atom is -0.478 e. The van der Waals surface area contributed by atoms with E-state index in [1.54, 1.807) is 12.1 Å². The maximum Gasteiger partial charge on any atom is 0.339 e. The summed E-state index contributed by atoms with van der Waals surface area (Å²) in [6.07, 6.45) is 6.76. The standard InChI is InChI=1S/C10H8O4.C9H18/c1-2-9(11)14-8-6-4-3-5-7(8)10(12)13;1-8-5-4-6-9(2,3)7-8/h2-6H,1H2,(H,12,13);8H,4-7H2,1-3H3. The highest BCUT2D eigenvalue weighted by molar-refractivity contribution is 5.93. The molecule has 2 rings (SSSR count). The molecule has 1 aliphatic rings. The van der Waals surface area contributed by atoms with Gasteiger partial charge in [0.25, 0.3) is 0 Å². The molecule has 0 heterocycles. The highest BCUT2D eigenvalue weighted by atomic mass is 16.5. The van der Waals surface area contributed by atoms with Gasteiger partial charge in [-0.1, -0.05) is 52.3 Å². The van der Waals surface area contributed by atoms with Crippen LogP contribution in [0.4, 0.5) is 0 Å². The molecule has 0 aromatic heterocycles. The van der Waals surface area contributed by atoms with Crippen LogP contribution in [0.1, 0.15) is 56.8 Å². The molecule has 4 heteroatoms. The van der Waals surface area contributed by atoms with Gasteiger partial charge in [-0.05, 0) is 36.3 Å². The van der Waals surface area contributed by atoms with Crippen molar-refractivity contribution in [1.29, 1.82) is 0 Å². The zero-order valence-electron chi connectivity index (χ0n) is 14.2. The SMILES string of the molecule is C=CC(=O)Oc1ccccc1C(=O)O.CC1CCCC(C)(C)C1. The van der Waals surface area contributed by atoms with E-state index in [0.717, 1.165) is 12.0 Å². The molecule has 1 fully saturated rings. The monoisotopic (exact) mass is 318 g/mol. The Balaban J connectivity index is 0.000000253. The molecular weight excluding hydrogens is 292 g/mol. The molecule has 23 heavy (non-hydrogen) atoms. The van der Waals surface area contributed by atoms with Crippen molar-refractivity contribution in [3.8, 4) is 5.75 Å². The second kappa shape index (κ2) is 8.51. The van der Waals surface area contributed by atoms with Crippen LogP contribution in [0, 0.1) is 11.3 Å². The zero-order valence-corrected chi connectivity index (χ0v) is 14.2. The molecule has 0 spiro atoms. The molecule has 1 atom stereocenters. The molecule has 0 saturated heterocycles. The lowest BCUT2D eigenvalue weighted by Gasteiger charge is -2.33. The Morgan fingerprint density at radius 3 is 2.48 bits per heavy atom. The van der Waals surface area contributed by atoms with E-state index in [0.29, 0.717) is 5.41 Å². The van der Waals surface area contributed by atoms with Gasteiger partial charge >= 0.3 is 11.9 Å². The molecule has 1 aromatic rings. The van der Waals surface area contributed by atoms with E-state index in [4.69, 9.17) is 9.84 Å². The van der Waals surface area contributed by atoms with Crippen molar-refractivity contribution < 1.29 is 19.4 Å². The zero-order chi connectivity index (χ0) is 17.5. The Bertz CT molecular complexity index is 560. The van der Waals surface area contributed by atoms with Crippen LogP contribution in [0.25, 0.3) is 0 Å². The molecule has 126 valence electrons.